The molecule has 1 aromatic rings. The Balaban J connectivity index is 2.89. The molecule has 0 spiro atoms. The number of benzene rings is 1. The standard InChI is InChI=1S/C13H15BrFN/c1-3-5-6-13(16-4-2)10-7-8-11(14)12(15)9-10/h7-9,13,16H,4,6H2,1-2H3. The molecule has 0 amide bonds. The van der Waals surface area contributed by atoms with Gasteiger partial charge in [0.2, 0.25) is 0 Å². The third-order valence-corrected chi connectivity index (χ3v) is 2.92. The van der Waals surface area contributed by atoms with E-state index in [4.69, 9.17) is 0 Å². The normalized spacial score (nSPS) is 11.8. The smallest absolute Gasteiger partial charge is 0.137 e. The highest BCUT2D eigenvalue weighted by atomic mass is 79.9. The molecule has 1 nitrogen and oxygen atoms in total. The predicted octanol–water partition coefficient (Wildman–Crippen LogP) is 3.65. The molecule has 0 radical (unpaired) electrons. The zero-order chi connectivity index (χ0) is 12.0. The van der Waals surface area contributed by atoms with E-state index in [0.717, 1.165) is 12.1 Å². The van der Waals surface area contributed by atoms with Crippen molar-refractivity contribution in [2.45, 2.75) is 26.3 Å². The molecule has 3 heteroatoms. The fourth-order valence-corrected chi connectivity index (χ4v) is 1.73. The van der Waals surface area contributed by atoms with Crippen LogP contribution in [-0.4, -0.2) is 6.54 Å². The Morgan fingerprint density at radius 2 is 2.25 bits per heavy atom. The summed E-state index contributed by atoms with van der Waals surface area (Å²) in [6, 6.07) is 5.29. The third-order valence-electron chi connectivity index (χ3n) is 2.28. The average Bonchev–Trinajstić information content (AvgIpc) is 2.28. The van der Waals surface area contributed by atoms with Gasteiger partial charge in [0, 0.05) is 12.5 Å². The van der Waals surface area contributed by atoms with Crippen LogP contribution in [0, 0.1) is 17.7 Å². The summed E-state index contributed by atoms with van der Waals surface area (Å²) in [7, 11) is 0. The van der Waals surface area contributed by atoms with E-state index < -0.39 is 0 Å². The second-order valence-electron chi connectivity index (χ2n) is 3.41. The van der Waals surface area contributed by atoms with Crippen LogP contribution in [0.2, 0.25) is 0 Å². The maximum atomic E-state index is 13.4. The maximum Gasteiger partial charge on any atom is 0.137 e. The van der Waals surface area contributed by atoms with Crippen LogP contribution in [0.3, 0.4) is 0 Å². The lowest BCUT2D eigenvalue weighted by atomic mass is 10.0. The largest absolute Gasteiger partial charge is 0.309 e. The molecule has 0 saturated carbocycles. The van der Waals surface area contributed by atoms with Crippen LogP contribution >= 0.6 is 15.9 Å². The maximum absolute atomic E-state index is 13.4. The molecule has 1 rings (SSSR count). The highest BCUT2D eigenvalue weighted by Crippen LogP contribution is 2.22. The van der Waals surface area contributed by atoms with Crippen LogP contribution in [0.4, 0.5) is 4.39 Å². The van der Waals surface area contributed by atoms with Crippen molar-refractivity contribution in [1.29, 1.82) is 0 Å². The monoisotopic (exact) mass is 283 g/mol. The van der Waals surface area contributed by atoms with Gasteiger partial charge in [-0.25, -0.2) is 4.39 Å². The van der Waals surface area contributed by atoms with E-state index in [1.54, 1.807) is 12.1 Å². The van der Waals surface area contributed by atoms with Crippen molar-refractivity contribution in [3.8, 4) is 11.8 Å². The molecule has 0 saturated heterocycles. The van der Waals surface area contributed by atoms with Gasteiger partial charge in [-0.15, -0.1) is 11.8 Å². The fourth-order valence-electron chi connectivity index (χ4n) is 1.49. The quantitative estimate of drug-likeness (QED) is 0.832. The molecule has 1 unspecified atom stereocenters. The molecule has 0 aliphatic heterocycles. The summed E-state index contributed by atoms with van der Waals surface area (Å²) in [6.07, 6.45) is 0.700. The summed E-state index contributed by atoms with van der Waals surface area (Å²) in [4.78, 5) is 0. The zero-order valence-electron chi connectivity index (χ0n) is 9.48. The van der Waals surface area contributed by atoms with Gasteiger partial charge >= 0.3 is 0 Å². The Kier molecular flexibility index (Phi) is 5.51. The molecule has 0 fully saturated rings. The van der Waals surface area contributed by atoms with Gasteiger partial charge in [0.15, 0.2) is 0 Å². The van der Waals surface area contributed by atoms with Crippen LogP contribution < -0.4 is 5.32 Å². The first-order valence-electron chi connectivity index (χ1n) is 5.27. The molecule has 0 heterocycles. The van der Waals surface area contributed by atoms with Crippen LogP contribution in [0.15, 0.2) is 22.7 Å². The average molecular weight is 284 g/mol. The molecule has 86 valence electrons. The highest BCUT2D eigenvalue weighted by Gasteiger charge is 2.10. The van der Waals surface area contributed by atoms with Crippen LogP contribution in [0.5, 0.6) is 0 Å². The topological polar surface area (TPSA) is 12.0 Å². The first-order valence-corrected chi connectivity index (χ1v) is 6.06. The van der Waals surface area contributed by atoms with Gasteiger partial charge < -0.3 is 5.32 Å². The van der Waals surface area contributed by atoms with E-state index in [2.05, 4.69) is 33.1 Å². The molecule has 1 N–H and O–H groups in total. The third kappa shape index (κ3) is 3.62. The number of halogens is 2. The Morgan fingerprint density at radius 3 is 2.81 bits per heavy atom. The summed E-state index contributed by atoms with van der Waals surface area (Å²) in [5.74, 6) is 5.65. The van der Waals surface area contributed by atoms with Crippen LogP contribution in [0.25, 0.3) is 0 Å². The predicted molar refractivity (Wildman–Crippen MR) is 68.6 cm³/mol. The van der Waals surface area contributed by atoms with Gasteiger partial charge in [-0.2, -0.15) is 0 Å². The lowest BCUT2D eigenvalue weighted by Crippen LogP contribution is -2.20. The Bertz CT molecular complexity index is 406. The Labute approximate surface area is 105 Å². The van der Waals surface area contributed by atoms with Gasteiger partial charge in [0.05, 0.1) is 4.47 Å². The number of rotatable bonds is 4. The lowest BCUT2D eigenvalue weighted by Gasteiger charge is -2.15. The summed E-state index contributed by atoms with van der Waals surface area (Å²) < 4.78 is 13.9. The zero-order valence-corrected chi connectivity index (χ0v) is 11.1. The van der Waals surface area contributed by atoms with Gasteiger partial charge in [0.1, 0.15) is 5.82 Å². The molecule has 0 aliphatic rings. The minimum Gasteiger partial charge on any atom is -0.309 e. The van der Waals surface area contributed by atoms with E-state index in [1.165, 1.54) is 0 Å². The van der Waals surface area contributed by atoms with E-state index in [0.29, 0.717) is 10.9 Å². The van der Waals surface area contributed by atoms with Gasteiger partial charge in [-0.3, -0.25) is 0 Å². The lowest BCUT2D eigenvalue weighted by molar-refractivity contribution is 0.555. The number of nitrogens with one attached hydrogen (secondary N) is 1. The number of hydrogen-bond acceptors (Lipinski definition) is 1. The summed E-state index contributed by atoms with van der Waals surface area (Å²) in [6.45, 7) is 4.68. The summed E-state index contributed by atoms with van der Waals surface area (Å²) in [5, 5.41) is 3.30. The van der Waals surface area contributed by atoms with Crippen molar-refractivity contribution in [3.05, 3.63) is 34.1 Å². The van der Waals surface area contributed by atoms with E-state index >= 15 is 0 Å². The molecule has 16 heavy (non-hydrogen) atoms. The van der Waals surface area contributed by atoms with Crippen molar-refractivity contribution >= 4 is 15.9 Å². The van der Waals surface area contributed by atoms with Crippen molar-refractivity contribution in [2.24, 2.45) is 0 Å². The van der Waals surface area contributed by atoms with Crippen molar-refractivity contribution in [2.75, 3.05) is 6.54 Å². The SMILES string of the molecule is CC#CCC(NCC)c1ccc(Br)c(F)c1. The molecule has 1 aromatic carbocycles. The van der Waals surface area contributed by atoms with Gasteiger partial charge in [0.25, 0.3) is 0 Å². The van der Waals surface area contributed by atoms with Crippen LogP contribution in [-0.2, 0) is 0 Å². The van der Waals surface area contributed by atoms with Gasteiger partial charge in [-0.1, -0.05) is 13.0 Å². The van der Waals surface area contributed by atoms with Crippen molar-refractivity contribution in [3.63, 3.8) is 0 Å². The Morgan fingerprint density at radius 1 is 1.50 bits per heavy atom. The van der Waals surface area contributed by atoms with Crippen LogP contribution in [0.1, 0.15) is 31.9 Å². The van der Waals surface area contributed by atoms with Crippen molar-refractivity contribution < 1.29 is 4.39 Å². The second-order valence-corrected chi connectivity index (χ2v) is 4.27. The summed E-state index contributed by atoms with van der Waals surface area (Å²) >= 11 is 3.15. The molecule has 1 atom stereocenters. The Hall–Kier alpha value is -0.850. The van der Waals surface area contributed by atoms with Crippen molar-refractivity contribution in [1.82, 2.24) is 5.32 Å². The van der Waals surface area contributed by atoms with E-state index in [1.807, 2.05) is 19.9 Å². The minimum absolute atomic E-state index is 0.0973. The second kappa shape index (κ2) is 6.67. The van der Waals surface area contributed by atoms with E-state index in [-0.39, 0.29) is 11.9 Å². The molecular formula is C13H15BrFN. The molecule has 0 aliphatic carbocycles. The van der Waals surface area contributed by atoms with E-state index in [9.17, 15) is 4.39 Å². The van der Waals surface area contributed by atoms with Gasteiger partial charge in [-0.05, 0) is 47.1 Å². The first kappa shape index (κ1) is 13.2. The fraction of sp³-hybridized carbons (Fsp3) is 0.385. The minimum atomic E-state index is -0.232. The molecule has 0 bridgehead atoms. The molecule has 0 aromatic heterocycles. The summed E-state index contributed by atoms with van der Waals surface area (Å²) in [5.41, 5.74) is 0.935. The molecular weight excluding hydrogens is 269 g/mol. The highest BCUT2D eigenvalue weighted by molar-refractivity contribution is 9.10. The first-order chi connectivity index (χ1) is 7.69. The number of hydrogen-bond donors (Lipinski definition) is 1.